The molecule has 17 heteroatoms. The molecular formula is C32H53N9O8. The molecule has 49 heavy (non-hydrogen) atoms. The number of carboxylic acids is 1. The first-order chi connectivity index (χ1) is 23.6. The third kappa shape index (κ3) is 15.7. The molecular weight excluding hydrogens is 638 g/mol. The van der Waals surface area contributed by atoms with Gasteiger partial charge in [0.25, 0.3) is 0 Å². The fraction of sp³-hybridized carbons (Fsp3) is 0.750. The normalized spacial score (nSPS) is 16.5. The second-order valence-electron chi connectivity index (χ2n) is 13.1. The van der Waals surface area contributed by atoms with Crippen molar-refractivity contribution in [2.24, 2.45) is 23.3 Å². The van der Waals surface area contributed by atoms with E-state index in [2.05, 4.69) is 30.9 Å². The molecule has 2 heterocycles. The van der Waals surface area contributed by atoms with Crippen molar-refractivity contribution in [3.63, 3.8) is 0 Å². The molecule has 2 aromatic rings. The van der Waals surface area contributed by atoms with E-state index in [4.69, 9.17) is 30.8 Å². The number of carbonyl (C=O) groups excluding carboxylic acids is 3. The summed E-state index contributed by atoms with van der Waals surface area (Å²) in [6.07, 6.45) is 18.7. The van der Waals surface area contributed by atoms with Crippen LogP contribution in [0.1, 0.15) is 151 Å². The highest BCUT2D eigenvalue weighted by molar-refractivity contribution is 5.75. The van der Waals surface area contributed by atoms with Crippen molar-refractivity contribution >= 4 is 23.9 Å². The van der Waals surface area contributed by atoms with Crippen molar-refractivity contribution in [3.05, 3.63) is 23.4 Å². The molecule has 0 radical (unpaired) electrons. The molecule has 0 aromatic carbocycles. The number of hydrogen-bond acceptors (Lipinski definition) is 11. The maximum absolute atomic E-state index is 11.6. The first kappa shape index (κ1) is 39.2. The standard InChI is InChI=1S/C16H27N5O4.C16H26N4O4/c17-16(23)18-10-13-19-15(25-21-13)12(9-14(22)20-24)8-4-7-11-5-2-1-3-6-11;17-16(23)18-10-13-19-15(24-20-13)12(9-14(21)22)8-4-7-11-5-2-1-3-6-11/h11-12,24H,1-10H2,(H,20,22)(H3,17,18,23);11-12H,1-10H2,(H,21,22)(H3,17,18,23)/t2*12-/m11/s1. The smallest absolute Gasteiger partial charge is 0.312 e. The van der Waals surface area contributed by atoms with Gasteiger partial charge in [0.15, 0.2) is 11.6 Å². The summed E-state index contributed by atoms with van der Waals surface area (Å²) in [5, 5.41) is 30.2. The zero-order valence-corrected chi connectivity index (χ0v) is 28.2. The molecule has 0 bridgehead atoms. The molecule has 274 valence electrons. The quantitative estimate of drug-likeness (QED) is 0.0840. The second kappa shape index (κ2) is 21.6. The molecule has 0 unspecified atom stereocenters. The van der Waals surface area contributed by atoms with E-state index in [-0.39, 0.29) is 37.8 Å². The Kier molecular flexibility index (Phi) is 17.3. The predicted octanol–water partition coefficient (Wildman–Crippen LogP) is 4.51. The van der Waals surface area contributed by atoms with Crippen LogP contribution in [0, 0.1) is 11.8 Å². The first-order valence-corrected chi connectivity index (χ1v) is 17.5. The highest BCUT2D eigenvalue weighted by Gasteiger charge is 2.25. The molecule has 2 aliphatic rings. The highest BCUT2D eigenvalue weighted by Crippen LogP contribution is 2.32. The molecule has 4 rings (SSSR count). The Bertz CT molecular complexity index is 1290. The van der Waals surface area contributed by atoms with Gasteiger partial charge in [0, 0.05) is 18.3 Å². The van der Waals surface area contributed by atoms with Crippen LogP contribution in [-0.2, 0) is 22.7 Å². The number of nitrogens with two attached hydrogens (primary N) is 2. The van der Waals surface area contributed by atoms with E-state index < -0.39 is 23.9 Å². The van der Waals surface area contributed by atoms with Crippen molar-refractivity contribution in [1.82, 2.24) is 36.4 Å². The fourth-order valence-corrected chi connectivity index (χ4v) is 6.71. The lowest BCUT2D eigenvalue weighted by Crippen LogP contribution is -2.29. The zero-order chi connectivity index (χ0) is 35.4. The van der Waals surface area contributed by atoms with Crippen LogP contribution in [0.4, 0.5) is 9.59 Å². The number of rotatable bonds is 18. The maximum Gasteiger partial charge on any atom is 0.312 e. The number of amides is 5. The van der Waals surface area contributed by atoms with Crippen LogP contribution >= 0.6 is 0 Å². The van der Waals surface area contributed by atoms with Crippen molar-refractivity contribution in [2.75, 3.05) is 0 Å². The lowest BCUT2D eigenvalue weighted by Gasteiger charge is -2.22. The van der Waals surface area contributed by atoms with Gasteiger partial charge >= 0.3 is 18.0 Å². The lowest BCUT2D eigenvalue weighted by molar-refractivity contribution is -0.137. The lowest BCUT2D eigenvalue weighted by atomic mass is 9.84. The Hall–Kier alpha value is -4.28. The SMILES string of the molecule is NC(=O)NCc1noc([C@H](CCCC2CCCCC2)CC(=O)NO)n1.NC(=O)NCc1noc([C@H](CCCC2CCCCC2)CC(=O)O)n1. The molecule has 0 spiro atoms. The van der Waals surface area contributed by atoms with Gasteiger partial charge in [-0.25, -0.2) is 15.1 Å². The van der Waals surface area contributed by atoms with Gasteiger partial charge in [0.2, 0.25) is 17.7 Å². The number of aliphatic carboxylic acids is 1. The third-order valence-electron chi connectivity index (χ3n) is 9.26. The van der Waals surface area contributed by atoms with E-state index in [1.54, 1.807) is 5.48 Å². The van der Waals surface area contributed by atoms with Crippen molar-refractivity contribution in [2.45, 2.75) is 141 Å². The van der Waals surface area contributed by atoms with Crippen LogP contribution in [0.2, 0.25) is 0 Å². The van der Waals surface area contributed by atoms with Gasteiger partial charge in [-0.15, -0.1) is 0 Å². The molecule has 0 aliphatic heterocycles. The number of nitrogens with one attached hydrogen (secondary N) is 3. The van der Waals surface area contributed by atoms with Gasteiger partial charge in [0.1, 0.15) is 0 Å². The number of aromatic nitrogens is 4. The molecule has 0 saturated heterocycles. The van der Waals surface area contributed by atoms with Gasteiger partial charge in [0.05, 0.1) is 19.5 Å². The van der Waals surface area contributed by atoms with Gasteiger partial charge < -0.3 is 36.3 Å². The van der Waals surface area contributed by atoms with Gasteiger partial charge in [-0.2, -0.15) is 9.97 Å². The molecule has 2 atom stereocenters. The number of hydroxylamine groups is 1. The molecule has 5 amide bonds. The summed E-state index contributed by atoms with van der Waals surface area (Å²) in [5.74, 6) is 0.871. The number of hydrogen-bond donors (Lipinski definition) is 7. The van der Waals surface area contributed by atoms with Crippen LogP contribution in [0.25, 0.3) is 0 Å². The van der Waals surface area contributed by atoms with Crippen LogP contribution in [-0.4, -0.2) is 54.5 Å². The Balaban J connectivity index is 0.000000266. The average molecular weight is 692 g/mol. The van der Waals surface area contributed by atoms with E-state index in [1.165, 1.54) is 64.2 Å². The Morgan fingerprint density at radius 2 is 1.14 bits per heavy atom. The van der Waals surface area contributed by atoms with Crippen LogP contribution in [0.3, 0.4) is 0 Å². The maximum atomic E-state index is 11.6. The van der Waals surface area contributed by atoms with Gasteiger partial charge in [-0.1, -0.05) is 100 Å². The minimum absolute atomic E-state index is 0.0322. The van der Waals surface area contributed by atoms with Gasteiger partial charge in [-0.3, -0.25) is 14.8 Å². The Labute approximate surface area is 286 Å². The average Bonchev–Trinajstić information content (AvgIpc) is 3.77. The number of primary amides is 2. The summed E-state index contributed by atoms with van der Waals surface area (Å²) in [6.45, 7) is 0.139. The van der Waals surface area contributed by atoms with E-state index in [0.717, 1.165) is 43.9 Å². The molecule has 2 aliphatic carbocycles. The first-order valence-electron chi connectivity index (χ1n) is 17.5. The Morgan fingerprint density at radius 1 is 0.714 bits per heavy atom. The summed E-state index contributed by atoms with van der Waals surface area (Å²) in [4.78, 5) is 52.5. The number of carbonyl (C=O) groups is 4. The van der Waals surface area contributed by atoms with Gasteiger partial charge in [-0.05, 0) is 24.7 Å². The fourth-order valence-electron chi connectivity index (χ4n) is 6.71. The Morgan fingerprint density at radius 3 is 1.53 bits per heavy atom. The molecule has 2 saturated carbocycles. The predicted molar refractivity (Wildman–Crippen MR) is 175 cm³/mol. The summed E-state index contributed by atoms with van der Waals surface area (Å²) in [6, 6.07) is -1.34. The largest absolute Gasteiger partial charge is 0.481 e. The summed E-state index contributed by atoms with van der Waals surface area (Å²) in [7, 11) is 0. The molecule has 17 nitrogen and oxygen atoms in total. The number of urea groups is 2. The van der Waals surface area contributed by atoms with E-state index in [0.29, 0.717) is 29.9 Å². The van der Waals surface area contributed by atoms with Crippen molar-refractivity contribution < 1.29 is 38.5 Å². The van der Waals surface area contributed by atoms with E-state index >= 15 is 0 Å². The summed E-state index contributed by atoms with van der Waals surface area (Å²) >= 11 is 0. The highest BCUT2D eigenvalue weighted by atomic mass is 16.5. The zero-order valence-electron chi connectivity index (χ0n) is 28.2. The summed E-state index contributed by atoms with van der Waals surface area (Å²) in [5.41, 5.74) is 11.7. The number of carboxylic acid groups (broad SMARTS) is 1. The van der Waals surface area contributed by atoms with E-state index in [1.807, 2.05) is 0 Å². The van der Waals surface area contributed by atoms with Crippen molar-refractivity contribution in [1.29, 1.82) is 0 Å². The molecule has 2 fully saturated rings. The van der Waals surface area contributed by atoms with Crippen LogP contribution < -0.4 is 27.6 Å². The summed E-state index contributed by atoms with van der Waals surface area (Å²) < 4.78 is 10.4. The van der Waals surface area contributed by atoms with Crippen LogP contribution in [0.5, 0.6) is 0 Å². The van der Waals surface area contributed by atoms with Crippen molar-refractivity contribution in [3.8, 4) is 0 Å². The minimum atomic E-state index is -0.882. The monoisotopic (exact) mass is 691 g/mol. The second-order valence-corrected chi connectivity index (χ2v) is 13.1. The topological polar surface area (TPSA) is 275 Å². The minimum Gasteiger partial charge on any atom is -0.481 e. The van der Waals surface area contributed by atoms with E-state index in [9.17, 15) is 19.2 Å². The van der Waals surface area contributed by atoms with Crippen LogP contribution in [0.15, 0.2) is 9.05 Å². The molecule has 9 N–H and O–H groups in total. The number of nitrogens with zero attached hydrogens (tertiary/aromatic N) is 4. The molecule has 2 aromatic heterocycles. The third-order valence-corrected chi connectivity index (χ3v) is 9.26.